The van der Waals surface area contributed by atoms with E-state index in [0.29, 0.717) is 6.08 Å². The van der Waals surface area contributed by atoms with Gasteiger partial charge in [0.1, 0.15) is 5.82 Å². The molecule has 0 saturated carbocycles. The summed E-state index contributed by atoms with van der Waals surface area (Å²) in [5.41, 5.74) is 0.217. The molecular weight excluding hydrogens is 323 g/mol. The first-order chi connectivity index (χ1) is 11.3. The summed E-state index contributed by atoms with van der Waals surface area (Å²) in [7, 11) is 1.23. The van der Waals surface area contributed by atoms with Crippen molar-refractivity contribution in [1.82, 2.24) is 5.32 Å². The Kier molecular flexibility index (Phi) is 5.43. The molecule has 2 atom stereocenters. The SMILES string of the molecule is COC(=O)[C@H]1C=C[C@@H](NC(=O)C(F)(F)/C=C/c2cccc(F)c2)C1. The van der Waals surface area contributed by atoms with E-state index in [1.807, 2.05) is 0 Å². The number of nitrogens with one attached hydrogen (secondary N) is 1. The number of esters is 1. The summed E-state index contributed by atoms with van der Waals surface area (Å²) in [6.45, 7) is 0. The average Bonchev–Trinajstić information content (AvgIpc) is 3.01. The first-order valence-corrected chi connectivity index (χ1v) is 7.21. The quantitative estimate of drug-likeness (QED) is 0.663. The lowest BCUT2D eigenvalue weighted by molar-refractivity contribution is -0.144. The summed E-state index contributed by atoms with van der Waals surface area (Å²) >= 11 is 0. The number of carbonyl (C=O) groups is 2. The van der Waals surface area contributed by atoms with Gasteiger partial charge in [0, 0.05) is 6.04 Å². The zero-order valence-electron chi connectivity index (χ0n) is 12.8. The van der Waals surface area contributed by atoms with Gasteiger partial charge >= 0.3 is 11.9 Å². The molecule has 0 radical (unpaired) electrons. The van der Waals surface area contributed by atoms with E-state index in [1.165, 1.54) is 37.5 Å². The lowest BCUT2D eigenvalue weighted by Crippen LogP contribution is -2.43. The third-order valence-electron chi connectivity index (χ3n) is 3.54. The van der Waals surface area contributed by atoms with E-state index in [9.17, 15) is 22.8 Å². The molecule has 24 heavy (non-hydrogen) atoms. The number of alkyl halides is 2. The van der Waals surface area contributed by atoms with Gasteiger partial charge in [0.05, 0.1) is 13.0 Å². The molecule has 0 aliphatic heterocycles. The van der Waals surface area contributed by atoms with Crippen molar-refractivity contribution in [3.8, 4) is 0 Å². The third kappa shape index (κ3) is 4.47. The van der Waals surface area contributed by atoms with E-state index in [1.54, 1.807) is 0 Å². The highest BCUT2D eigenvalue weighted by molar-refractivity contribution is 5.87. The van der Waals surface area contributed by atoms with Crippen LogP contribution in [0.25, 0.3) is 6.08 Å². The molecule has 1 aromatic carbocycles. The number of hydrogen-bond donors (Lipinski definition) is 1. The Morgan fingerprint density at radius 1 is 1.33 bits per heavy atom. The molecule has 1 N–H and O–H groups in total. The summed E-state index contributed by atoms with van der Waals surface area (Å²) in [6.07, 6.45) is 4.55. The van der Waals surface area contributed by atoms with Gasteiger partial charge in [-0.2, -0.15) is 8.78 Å². The predicted molar refractivity (Wildman–Crippen MR) is 81.6 cm³/mol. The van der Waals surface area contributed by atoms with Crippen molar-refractivity contribution in [2.24, 2.45) is 5.92 Å². The van der Waals surface area contributed by atoms with Crippen LogP contribution in [0.2, 0.25) is 0 Å². The van der Waals surface area contributed by atoms with Gasteiger partial charge in [0.2, 0.25) is 0 Å². The van der Waals surface area contributed by atoms with Gasteiger partial charge in [-0.05, 0) is 30.2 Å². The highest BCUT2D eigenvalue weighted by Crippen LogP contribution is 2.22. The van der Waals surface area contributed by atoms with Gasteiger partial charge in [-0.15, -0.1) is 0 Å². The fourth-order valence-corrected chi connectivity index (χ4v) is 2.28. The standard InChI is InChI=1S/C17H16F3NO3/c1-24-15(22)12-5-6-14(10-12)21-16(23)17(19,20)8-7-11-3-2-4-13(18)9-11/h2-9,12,14H,10H2,1H3,(H,21,23)/b8-7+/t12-,14+/m0/s1. The molecule has 128 valence electrons. The smallest absolute Gasteiger partial charge is 0.343 e. The molecule has 0 spiro atoms. The molecule has 7 heteroatoms. The van der Waals surface area contributed by atoms with Gasteiger partial charge in [-0.3, -0.25) is 9.59 Å². The van der Waals surface area contributed by atoms with Crippen molar-refractivity contribution in [2.45, 2.75) is 18.4 Å². The first-order valence-electron chi connectivity index (χ1n) is 7.21. The largest absolute Gasteiger partial charge is 0.469 e. The van der Waals surface area contributed by atoms with Gasteiger partial charge in [0.15, 0.2) is 0 Å². The van der Waals surface area contributed by atoms with Crippen LogP contribution in [0, 0.1) is 11.7 Å². The minimum Gasteiger partial charge on any atom is -0.469 e. The highest BCUT2D eigenvalue weighted by Gasteiger charge is 2.38. The molecule has 1 aliphatic rings. The van der Waals surface area contributed by atoms with E-state index < -0.39 is 35.6 Å². The first kappa shape index (κ1) is 17.8. The number of benzene rings is 1. The van der Waals surface area contributed by atoms with Crippen molar-refractivity contribution >= 4 is 18.0 Å². The molecule has 1 aromatic rings. The van der Waals surface area contributed by atoms with Gasteiger partial charge in [-0.1, -0.05) is 30.4 Å². The number of rotatable bonds is 5. The van der Waals surface area contributed by atoms with Crippen molar-refractivity contribution in [2.75, 3.05) is 7.11 Å². The Balaban J connectivity index is 1.96. The van der Waals surface area contributed by atoms with E-state index >= 15 is 0 Å². The molecule has 2 rings (SSSR count). The molecule has 0 heterocycles. The topological polar surface area (TPSA) is 55.4 Å². The summed E-state index contributed by atoms with van der Waals surface area (Å²) < 4.78 is 45.3. The van der Waals surface area contributed by atoms with Crippen LogP contribution < -0.4 is 5.32 Å². The maximum absolute atomic E-state index is 13.9. The minimum absolute atomic E-state index is 0.169. The number of ether oxygens (including phenoxy) is 1. The highest BCUT2D eigenvalue weighted by atomic mass is 19.3. The third-order valence-corrected chi connectivity index (χ3v) is 3.54. The van der Waals surface area contributed by atoms with Crippen LogP contribution in [0.1, 0.15) is 12.0 Å². The molecule has 0 unspecified atom stereocenters. The molecule has 0 fully saturated rings. The van der Waals surface area contributed by atoms with Crippen LogP contribution in [0.5, 0.6) is 0 Å². The van der Waals surface area contributed by atoms with E-state index in [-0.39, 0.29) is 12.0 Å². The second-order valence-corrected chi connectivity index (χ2v) is 5.34. The molecule has 0 bridgehead atoms. The van der Waals surface area contributed by atoms with Crippen molar-refractivity contribution in [3.05, 3.63) is 53.9 Å². The Morgan fingerprint density at radius 2 is 2.08 bits per heavy atom. The van der Waals surface area contributed by atoms with Crippen LogP contribution in [-0.4, -0.2) is 31.0 Å². The Bertz CT molecular complexity index is 685. The Hall–Kier alpha value is -2.57. The molecule has 4 nitrogen and oxygen atoms in total. The van der Waals surface area contributed by atoms with Crippen molar-refractivity contribution in [1.29, 1.82) is 0 Å². The Morgan fingerprint density at radius 3 is 2.75 bits per heavy atom. The number of methoxy groups -OCH3 is 1. The van der Waals surface area contributed by atoms with Crippen LogP contribution in [0.15, 0.2) is 42.5 Å². The van der Waals surface area contributed by atoms with Gasteiger partial charge in [0.25, 0.3) is 5.91 Å². The van der Waals surface area contributed by atoms with Crippen LogP contribution in [-0.2, 0) is 14.3 Å². The molecule has 1 amide bonds. The summed E-state index contributed by atoms with van der Waals surface area (Å²) in [6, 6.07) is 4.41. The maximum Gasteiger partial charge on any atom is 0.343 e. The Labute approximate surface area is 137 Å². The van der Waals surface area contributed by atoms with E-state index in [2.05, 4.69) is 10.1 Å². The second-order valence-electron chi connectivity index (χ2n) is 5.34. The van der Waals surface area contributed by atoms with E-state index in [4.69, 9.17) is 0 Å². The van der Waals surface area contributed by atoms with Crippen molar-refractivity contribution in [3.63, 3.8) is 0 Å². The van der Waals surface area contributed by atoms with Gasteiger partial charge in [-0.25, -0.2) is 4.39 Å². The van der Waals surface area contributed by atoms with Crippen LogP contribution in [0.4, 0.5) is 13.2 Å². The summed E-state index contributed by atoms with van der Waals surface area (Å²) in [4.78, 5) is 23.1. The molecule has 0 aromatic heterocycles. The molecular formula is C17H16F3NO3. The van der Waals surface area contributed by atoms with Crippen LogP contribution >= 0.6 is 0 Å². The maximum atomic E-state index is 13.9. The lowest BCUT2D eigenvalue weighted by atomic mass is 10.1. The lowest BCUT2D eigenvalue weighted by Gasteiger charge is -2.17. The summed E-state index contributed by atoms with van der Waals surface area (Å²) in [5.74, 6) is -6.86. The van der Waals surface area contributed by atoms with Gasteiger partial charge < -0.3 is 10.1 Å². The van der Waals surface area contributed by atoms with E-state index in [0.717, 1.165) is 12.1 Å². The zero-order valence-corrected chi connectivity index (χ0v) is 12.8. The fraction of sp³-hybridized carbons (Fsp3) is 0.294. The monoisotopic (exact) mass is 339 g/mol. The fourth-order valence-electron chi connectivity index (χ4n) is 2.28. The number of halogens is 3. The molecule has 1 aliphatic carbocycles. The normalized spacial score (nSPS) is 20.3. The minimum atomic E-state index is -3.76. The van der Waals surface area contributed by atoms with Crippen LogP contribution in [0.3, 0.4) is 0 Å². The zero-order chi connectivity index (χ0) is 17.7. The second kappa shape index (κ2) is 7.33. The number of hydrogen-bond acceptors (Lipinski definition) is 3. The summed E-state index contributed by atoms with van der Waals surface area (Å²) in [5, 5.41) is 2.17. The number of amides is 1. The number of carbonyl (C=O) groups excluding carboxylic acids is 2. The molecule has 0 saturated heterocycles. The average molecular weight is 339 g/mol. The van der Waals surface area contributed by atoms with Crippen molar-refractivity contribution < 1.29 is 27.5 Å². The predicted octanol–water partition coefficient (Wildman–Crippen LogP) is 2.71.